The SMILES string of the molecule is CC(CC=Cc1ccc(-c2ccccc2)cc1)C(=O)O. The van der Waals surface area contributed by atoms with Crippen molar-refractivity contribution in [2.45, 2.75) is 13.3 Å². The lowest BCUT2D eigenvalue weighted by atomic mass is 10.0. The summed E-state index contributed by atoms with van der Waals surface area (Å²) in [7, 11) is 0. The molecule has 1 unspecified atom stereocenters. The Bertz CT molecular complexity index is 583. The van der Waals surface area contributed by atoms with E-state index in [2.05, 4.69) is 24.3 Å². The summed E-state index contributed by atoms with van der Waals surface area (Å²) in [4.78, 5) is 10.7. The number of rotatable bonds is 5. The molecule has 0 aliphatic carbocycles. The van der Waals surface area contributed by atoms with Crippen LogP contribution in [-0.2, 0) is 4.79 Å². The Morgan fingerprint density at radius 2 is 1.65 bits per heavy atom. The summed E-state index contributed by atoms with van der Waals surface area (Å²) in [5.74, 6) is -1.09. The van der Waals surface area contributed by atoms with Gasteiger partial charge in [0.1, 0.15) is 0 Å². The summed E-state index contributed by atoms with van der Waals surface area (Å²) < 4.78 is 0. The minimum atomic E-state index is -0.755. The second-order valence-electron chi connectivity index (χ2n) is 4.87. The maximum Gasteiger partial charge on any atom is 0.306 e. The number of allylic oxidation sites excluding steroid dienone is 1. The number of aliphatic carboxylic acids is 1. The molecule has 0 aliphatic heterocycles. The molecule has 2 aromatic carbocycles. The average Bonchev–Trinajstić information content (AvgIpc) is 2.48. The molecule has 20 heavy (non-hydrogen) atoms. The van der Waals surface area contributed by atoms with Gasteiger partial charge in [-0.25, -0.2) is 0 Å². The highest BCUT2D eigenvalue weighted by atomic mass is 16.4. The molecule has 0 spiro atoms. The van der Waals surface area contributed by atoms with E-state index in [0.717, 1.165) is 5.56 Å². The van der Waals surface area contributed by atoms with Gasteiger partial charge in [0.05, 0.1) is 5.92 Å². The van der Waals surface area contributed by atoms with E-state index in [-0.39, 0.29) is 5.92 Å². The zero-order chi connectivity index (χ0) is 14.4. The van der Waals surface area contributed by atoms with Gasteiger partial charge in [-0.1, -0.05) is 73.7 Å². The van der Waals surface area contributed by atoms with Crippen LogP contribution in [0.5, 0.6) is 0 Å². The van der Waals surface area contributed by atoms with Crippen molar-refractivity contribution >= 4 is 12.0 Å². The number of carboxylic acid groups (broad SMARTS) is 1. The number of hydrogen-bond acceptors (Lipinski definition) is 1. The van der Waals surface area contributed by atoms with Crippen molar-refractivity contribution in [3.8, 4) is 11.1 Å². The molecule has 2 aromatic rings. The highest BCUT2D eigenvalue weighted by Gasteiger charge is 2.07. The number of carbonyl (C=O) groups is 1. The van der Waals surface area contributed by atoms with Crippen LogP contribution in [0.15, 0.2) is 60.7 Å². The predicted molar refractivity (Wildman–Crippen MR) is 82.3 cm³/mol. The molecule has 0 aromatic heterocycles. The van der Waals surface area contributed by atoms with E-state index < -0.39 is 5.97 Å². The maximum atomic E-state index is 10.7. The van der Waals surface area contributed by atoms with Gasteiger partial charge in [0.2, 0.25) is 0 Å². The lowest BCUT2D eigenvalue weighted by molar-refractivity contribution is -0.140. The third-order valence-electron chi connectivity index (χ3n) is 3.24. The van der Waals surface area contributed by atoms with Gasteiger partial charge < -0.3 is 5.11 Å². The van der Waals surface area contributed by atoms with E-state index in [9.17, 15) is 4.79 Å². The van der Waals surface area contributed by atoms with E-state index in [1.165, 1.54) is 11.1 Å². The van der Waals surface area contributed by atoms with Crippen LogP contribution < -0.4 is 0 Å². The molecule has 0 amide bonds. The van der Waals surface area contributed by atoms with Crippen LogP contribution in [0.4, 0.5) is 0 Å². The fourth-order valence-corrected chi connectivity index (χ4v) is 1.93. The highest BCUT2D eigenvalue weighted by Crippen LogP contribution is 2.19. The number of benzene rings is 2. The highest BCUT2D eigenvalue weighted by molar-refractivity contribution is 5.70. The molecular weight excluding hydrogens is 248 g/mol. The van der Waals surface area contributed by atoms with Crippen LogP contribution in [0.2, 0.25) is 0 Å². The summed E-state index contributed by atoms with van der Waals surface area (Å²) in [6, 6.07) is 18.5. The summed E-state index contributed by atoms with van der Waals surface area (Å²) in [6.07, 6.45) is 4.43. The van der Waals surface area contributed by atoms with E-state index in [4.69, 9.17) is 5.11 Å². The van der Waals surface area contributed by atoms with Crippen LogP contribution in [0.25, 0.3) is 17.2 Å². The zero-order valence-electron chi connectivity index (χ0n) is 11.5. The Morgan fingerprint density at radius 3 is 2.25 bits per heavy atom. The molecule has 0 radical (unpaired) electrons. The molecule has 0 saturated carbocycles. The second-order valence-corrected chi connectivity index (χ2v) is 4.87. The van der Waals surface area contributed by atoms with Gasteiger partial charge in [-0.15, -0.1) is 0 Å². The molecule has 102 valence electrons. The third-order valence-corrected chi connectivity index (χ3v) is 3.24. The van der Waals surface area contributed by atoms with E-state index >= 15 is 0 Å². The first-order valence-corrected chi connectivity index (χ1v) is 6.71. The van der Waals surface area contributed by atoms with Crippen LogP contribution in [0.3, 0.4) is 0 Å². The largest absolute Gasteiger partial charge is 0.481 e. The molecule has 0 aliphatic rings. The van der Waals surface area contributed by atoms with Crippen molar-refractivity contribution in [2.75, 3.05) is 0 Å². The lowest BCUT2D eigenvalue weighted by Crippen LogP contribution is -2.07. The first-order valence-electron chi connectivity index (χ1n) is 6.71. The first kappa shape index (κ1) is 14.1. The van der Waals surface area contributed by atoms with Gasteiger partial charge in [-0.05, 0) is 23.1 Å². The predicted octanol–water partition coefficient (Wildman–Crippen LogP) is 4.48. The number of carboxylic acids is 1. The fraction of sp³-hybridized carbons (Fsp3) is 0.167. The van der Waals surface area contributed by atoms with Gasteiger partial charge in [-0.2, -0.15) is 0 Å². The quantitative estimate of drug-likeness (QED) is 0.866. The average molecular weight is 266 g/mol. The fourth-order valence-electron chi connectivity index (χ4n) is 1.93. The minimum absolute atomic E-state index is 0.338. The topological polar surface area (TPSA) is 37.3 Å². The maximum absolute atomic E-state index is 10.7. The van der Waals surface area contributed by atoms with Crippen LogP contribution in [0, 0.1) is 5.92 Å². The summed E-state index contributed by atoms with van der Waals surface area (Å²) in [5.41, 5.74) is 3.46. The normalized spacial score (nSPS) is 12.4. The van der Waals surface area contributed by atoms with Gasteiger partial charge in [0, 0.05) is 0 Å². The van der Waals surface area contributed by atoms with Crippen molar-refractivity contribution in [3.63, 3.8) is 0 Å². The molecule has 0 heterocycles. The smallest absolute Gasteiger partial charge is 0.306 e. The Morgan fingerprint density at radius 1 is 1.05 bits per heavy atom. The molecule has 1 atom stereocenters. The van der Waals surface area contributed by atoms with Crippen molar-refractivity contribution in [3.05, 3.63) is 66.2 Å². The molecule has 2 rings (SSSR count). The Hall–Kier alpha value is -2.35. The monoisotopic (exact) mass is 266 g/mol. The van der Waals surface area contributed by atoms with Crippen molar-refractivity contribution in [1.82, 2.24) is 0 Å². The van der Waals surface area contributed by atoms with E-state index in [1.807, 2.05) is 42.5 Å². The Labute approximate surface area is 119 Å². The zero-order valence-corrected chi connectivity index (χ0v) is 11.5. The molecule has 1 N–H and O–H groups in total. The van der Waals surface area contributed by atoms with Crippen LogP contribution in [-0.4, -0.2) is 11.1 Å². The van der Waals surface area contributed by atoms with Gasteiger partial charge in [0.15, 0.2) is 0 Å². The van der Waals surface area contributed by atoms with Crippen LogP contribution >= 0.6 is 0 Å². The van der Waals surface area contributed by atoms with Gasteiger partial charge in [0.25, 0.3) is 0 Å². The van der Waals surface area contributed by atoms with Crippen molar-refractivity contribution in [2.24, 2.45) is 5.92 Å². The van der Waals surface area contributed by atoms with Crippen LogP contribution in [0.1, 0.15) is 18.9 Å². The molecule has 0 fully saturated rings. The van der Waals surface area contributed by atoms with Gasteiger partial charge >= 0.3 is 5.97 Å². The summed E-state index contributed by atoms with van der Waals surface area (Å²) in [6.45, 7) is 1.71. The lowest BCUT2D eigenvalue weighted by Gasteiger charge is -2.02. The summed E-state index contributed by atoms with van der Waals surface area (Å²) in [5, 5.41) is 8.81. The van der Waals surface area contributed by atoms with E-state index in [0.29, 0.717) is 6.42 Å². The number of hydrogen-bond donors (Lipinski definition) is 1. The minimum Gasteiger partial charge on any atom is -0.481 e. The first-order chi connectivity index (χ1) is 9.66. The van der Waals surface area contributed by atoms with E-state index in [1.54, 1.807) is 6.92 Å². The third kappa shape index (κ3) is 3.82. The van der Waals surface area contributed by atoms with Gasteiger partial charge in [-0.3, -0.25) is 4.79 Å². The Balaban J connectivity index is 2.02. The molecule has 2 nitrogen and oxygen atoms in total. The standard InChI is InChI=1S/C18H18O2/c1-14(18(19)20)6-5-7-15-10-12-17(13-11-15)16-8-3-2-4-9-16/h2-5,7-14H,6H2,1H3,(H,19,20). The Kier molecular flexibility index (Phi) is 4.72. The molecule has 0 bridgehead atoms. The van der Waals surface area contributed by atoms with Crippen molar-refractivity contribution < 1.29 is 9.90 Å². The molecule has 2 heteroatoms. The van der Waals surface area contributed by atoms with Crippen molar-refractivity contribution in [1.29, 1.82) is 0 Å². The second kappa shape index (κ2) is 6.71. The summed E-state index contributed by atoms with van der Waals surface area (Å²) >= 11 is 0. The molecule has 0 saturated heterocycles. The molecular formula is C18H18O2.